The Morgan fingerprint density at radius 1 is 1.50 bits per heavy atom. The standard InChI is InChI=1S/C13H24N4O/c1-9-7-17(8-13(3,4)18-9)12-11(6-14)10(2)15-16(12)5/h9H,6-8,14H2,1-5H3. The SMILES string of the molecule is Cc1nn(C)c(N2CC(C)OC(C)(C)C2)c1CN. The molecule has 2 N–H and O–H groups in total. The molecule has 2 heterocycles. The first-order valence-corrected chi connectivity index (χ1v) is 6.49. The summed E-state index contributed by atoms with van der Waals surface area (Å²) in [6.07, 6.45) is 0.217. The summed E-state index contributed by atoms with van der Waals surface area (Å²) in [6.45, 7) is 10.7. The first-order chi connectivity index (χ1) is 8.34. The number of hydrogen-bond acceptors (Lipinski definition) is 4. The van der Waals surface area contributed by atoms with E-state index < -0.39 is 0 Å². The molecule has 1 fully saturated rings. The van der Waals surface area contributed by atoms with Crippen LogP contribution in [0, 0.1) is 6.92 Å². The van der Waals surface area contributed by atoms with Crippen LogP contribution in [-0.4, -0.2) is 34.6 Å². The Kier molecular flexibility index (Phi) is 3.38. The van der Waals surface area contributed by atoms with Crippen molar-refractivity contribution in [3.8, 4) is 0 Å². The minimum absolute atomic E-state index is 0.137. The summed E-state index contributed by atoms with van der Waals surface area (Å²) in [7, 11) is 1.98. The van der Waals surface area contributed by atoms with E-state index in [4.69, 9.17) is 10.5 Å². The molecule has 1 aromatic rings. The van der Waals surface area contributed by atoms with Gasteiger partial charge in [0.2, 0.25) is 0 Å². The van der Waals surface area contributed by atoms with Crippen LogP contribution < -0.4 is 10.6 Å². The minimum atomic E-state index is -0.137. The van der Waals surface area contributed by atoms with Crippen LogP contribution in [0.1, 0.15) is 32.0 Å². The highest BCUT2D eigenvalue weighted by Crippen LogP contribution is 2.29. The van der Waals surface area contributed by atoms with Crippen molar-refractivity contribution in [1.82, 2.24) is 9.78 Å². The number of nitrogens with two attached hydrogens (primary N) is 1. The fourth-order valence-electron chi connectivity index (χ4n) is 2.94. The molecule has 0 bridgehead atoms. The average Bonchev–Trinajstić information content (AvgIpc) is 2.49. The molecule has 0 radical (unpaired) electrons. The van der Waals surface area contributed by atoms with Gasteiger partial charge in [0.05, 0.1) is 17.4 Å². The molecule has 1 aliphatic rings. The number of ether oxygens (including phenoxy) is 1. The summed E-state index contributed by atoms with van der Waals surface area (Å²) < 4.78 is 7.88. The highest BCUT2D eigenvalue weighted by molar-refractivity contribution is 5.51. The summed E-state index contributed by atoms with van der Waals surface area (Å²) in [6, 6.07) is 0. The van der Waals surface area contributed by atoms with Crippen LogP contribution in [-0.2, 0) is 18.3 Å². The fraction of sp³-hybridized carbons (Fsp3) is 0.769. The lowest BCUT2D eigenvalue weighted by atomic mass is 10.0. The zero-order valence-electron chi connectivity index (χ0n) is 12.0. The molecule has 1 aromatic heterocycles. The van der Waals surface area contributed by atoms with Gasteiger partial charge in [0, 0.05) is 32.2 Å². The lowest BCUT2D eigenvalue weighted by molar-refractivity contribution is -0.0753. The number of morpholine rings is 1. The quantitative estimate of drug-likeness (QED) is 0.859. The van der Waals surface area contributed by atoms with Gasteiger partial charge in [0.1, 0.15) is 5.82 Å². The molecule has 5 nitrogen and oxygen atoms in total. The van der Waals surface area contributed by atoms with Crippen molar-refractivity contribution < 1.29 is 4.74 Å². The number of hydrogen-bond donors (Lipinski definition) is 1. The first-order valence-electron chi connectivity index (χ1n) is 6.49. The van der Waals surface area contributed by atoms with Gasteiger partial charge in [-0.3, -0.25) is 4.68 Å². The maximum atomic E-state index is 5.94. The topological polar surface area (TPSA) is 56.3 Å². The molecular formula is C13H24N4O. The van der Waals surface area contributed by atoms with Crippen LogP contribution >= 0.6 is 0 Å². The number of nitrogens with zero attached hydrogens (tertiary/aromatic N) is 3. The van der Waals surface area contributed by atoms with Gasteiger partial charge in [-0.25, -0.2) is 0 Å². The van der Waals surface area contributed by atoms with Gasteiger partial charge >= 0.3 is 0 Å². The lowest BCUT2D eigenvalue weighted by Crippen LogP contribution is -2.52. The average molecular weight is 252 g/mol. The van der Waals surface area contributed by atoms with E-state index in [9.17, 15) is 0 Å². The maximum Gasteiger partial charge on any atom is 0.131 e. The van der Waals surface area contributed by atoms with E-state index in [-0.39, 0.29) is 11.7 Å². The normalized spacial score (nSPS) is 23.4. The van der Waals surface area contributed by atoms with E-state index in [0.29, 0.717) is 6.54 Å². The van der Waals surface area contributed by atoms with Crippen LogP contribution in [0.25, 0.3) is 0 Å². The van der Waals surface area contributed by atoms with Gasteiger partial charge in [-0.05, 0) is 27.7 Å². The molecule has 0 saturated carbocycles. The van der Waals surface area contributed by atoms with E-state index in [1.54, 1.807) is 0 Å². The maximum absolute atomic E-state index is 5.94. The molecule has 2 rings (SSSR count). The van der Waals surface area contributed by atoms with Gasteiger partial charge in [-0.1, -0.05) is 0 Å². The number of aryl methyl sites for hydroxylation is 2. The van der Waals surface area contributed by atoms with Gasteiger partial charge in [-0.15, -0.1) is 0 Å². The van der Waals surface area contributed by atoms with Crippen molar-refractivity contribution in [1.29, 1.82) is 0 Å². The molecular weight excluding hydrogens is 228 g/mol. The molecule has 1 saturated heterocycles. The summed E-state index contributed by atoms with van der Waals surface area (Å²) in [5, 5.41) is 4.48. The number of aromatic nitrogens is 2. The lowest BCUT2D eigenvalue weighted by Gasteiger charge is -2.43. The molecule has 0 aliphatic carbocycles. The van der Waals surface area contributed by atoms with Crippen molar-refractivity contribution in [2.75, 3.05) is 18.0 Å². The van der Waals surface area contributed by atoms with Crippen LogP contribution in [0.5, 0.6) is 0 Å². The molecule has 0 spiro atoms. The summed E-state index contributed by atoms with van der Waals surface area (Å²) in [4.78, 5) is 2.34. The van der Waals surface area contributed by atoms with Crippen LogP contribution in [0.4, 0.5) is 5.82 Å². The van der Waals surface area contributed by atoms with E-state index in [2.05, 4.69) is 30.8 Å². The highest BCUT2D eigenvalue weighted by Gasteiger charge is 2.33. The number of anilines is 1. The van der Waals surface area contributed by atoms with Crippen molar-refractivity contribution in [2.45, 2.75) is 45.9 Å². The van der Waals surface area contributed by atoms with E-state index in [1.165, 1.54) is 0 Å². The third-order valence-electron chi connectivity index (χ3n) is 3.39. The molecule has 5 heteroatoms. The predicted octanol–water partition coefficient (Wildman–Crippen LogP) is 1.19. The van der Waals surface area contributed by atoms with Gasteiger partial charge in [0.15, 0.2) is 0 Å². The Morgan fingerprint density at radius 3 is 2.72 bits per heavy atom. The van der Waals surface area contributed by atoms with Gasteiger partial charge < -0.3 is 15.4 Å². The Labute approximate surface area is 109 Å². The first kappa shape index (κ1) is 13.4. The predicted molar refractivity (Wildman–Crippen MR) is 72.7 cm³/mol. The molecule has 18 heavy (non-hydrogen) atoms. The molecule has 1 aliphatic heterocycles. The third kappa shape index (κ3) is 2.37. The molecule has 1 unspecified atom stereocenters. The molecule has 0 amide bonds. The largest absolute Gasteiger partial charge is 0.369 e. The summed E-state index contributed by atoms with van der Waals surface area (Å²) in [5.41, 5.74) is 7.89. The van der Waals surface area contributed by atoms with E-state index in [1.807, 2.05) is 18.7 Å². The molecule has 1 atom stereocenters. The monoisotopic (exact) mass is 252 g/mol. The zero-order valence-corrected chi connectivity index (χ0v) is 12.0. The molecule has 102 valence electrons. The number of rotatable bonds is 2. The molecule has 0 aromatic carbocycles. The minimum Gasteiger partial charge on any atom is -0.369 e. The van der Waals surface area contributed by atoms with Crippen LogP contribution in [0.15, 0.2) is 0 Å². The van der Waals surface area contributed by atoms with E-state index in [0.717, 1.165) is 30.2 Å². The third-order valence-corrected chi connectivity index (χ3v) is 3.39. The van der Waals surface area contributed by atoms with Crippen LogP contribution in [0.3, 0.4) is 0 Å². The second-order valence-corrected chi connectivity index (χ2v) is 5.78. The second kappa shape index (κ2) is 4.55. The van der Waals surface area contributed by atoms with Crippen LogP contribution in [0.2, 0.25) is 0 Å². The Hall–Kier alpha value is -1.07. The van der Waals surface area contributed by atoms with E-state index >= 15 is 0 Å². The van der Waals surface area contributed by atoms with Crippen molar-refractivity contribution >= 4 is 5.82 Å². The van der Waals surface area contributed by atoms with Crippen molar-refractivity contribution in [3.05, 3.63) is 11.3 Å². The smallest absolute Gasteiger partial charge is 0.131 e. The fourth-order valence-corrected chi connectivity index (χ4v) is 2.94. The zero-order chi connectivity index (χ0) is 13.5. The summed E-state index contributed by atoms with van der Waals surface area (Å²) in [5.74, 6) is 1.14. The Balaban J connectivity index is 2.36. The van der Waals surface area contributed by atoms with Gasteiger partial charge in [0.25, 0.3) is 0 Å². The second-order valence-electron chi connectivity index (χ2n) is 5.78. The van der Waals surface area contributed by atoms with Crippen molar-refractivity contribution in [2.24, 2.45) is 12.8 Å². The summed E-state index contributed by atoms with van der Waals surface area (Å²) >= 11 is 0. The Morgan fingerprint density at radius 2 is 2.17 bits per heavy atom. The Bertz CT molecular complexity index is 438. The highest BCUT2D eigenvalue weighted by atomic mass is 16.5. The van der Waals surface area contributed by atoms with Crippen molar-refractivity contribution in [3.63, 3.8) is 0 Å². The van der Waals surface area contributed by atoms with Gasteiger partial charge in [-0.2, -0.15) is 5.10 Å².